The number of benzene rings is 2. The van der Waals surface area contributed by atoms with Crippen LogP contribution in [0, 0.1) is 5.82 Å². The zero-order valence-electron chi connectivity index (χ0n) is 18.4. The van der Waals surface area contributed by atoms with Crippen LogP contribution in [-0.4, -0.2) is 69.4 Å². The molecule has 0 radical (unpaired) electrons. The molecule has 0 bridgehead atoms. The summed E-state index contributed by atoms with van der Waals surface area (Å²) < 4.78 is 14.9. The van der Waals surface area contributed by atoms with Gasteiger partial charge >= 0.3 is 191 Å². The van der Waals surface area contributed by atoms with Gasteiger partial charge in [-0.25, -0.2) is 0 Å². The molecule has 2 aromatic carbocycles. The second-order valence-electron chi connectivity index (χ2n) is 9.03. The predicted octanol–water partition coefficient (Wildman–Crippen LogP) is 2.47. The first-order chi connectivity index (χ1) is 15.9. The number of hydrogen-bond acceptors (Lipinski definition) is 4. The summed E-state index contributed by atoms with van der Waals surface area (Å²) in [6.45, 7) is 2.49. The summed E-state index contributed by atoms with van der Waals surface area (Å²) in [7, 11) is -3.06. The van der Waals surface area contributed by atoms with Crippen molar-refractivity contribution in [2.24, 2.45) is 0 Å². The van der Waals surface area contributed by atoms with Crippen LogP contribution in [0.15, 0.2) is 47.3 Å². The number of amides is 2. The monoisotopic (exact) mass is 470 g/mol. The molecule has 174 valence electrons. The van der Waals surface area contributed by atoms with E-state index in [1.54, 1.807) is 29.2 Å². The Hall–Kier alpha value is -2.83. The fourth-order valence-electron chi connectivity index (χ4n) is 4.98. The number of carbonyl (C=O) groups excluding carboxylic acids is 1. The second-order valence-corrected chi connectivity index (χ2v) is 12.6. The van der Waals surface area contributed by atoms with Crippen molar-refractivity contribution in [2.45, 2.75) is 19.3 Å². The number of halogens is 1. The number of rotatable bonds is 3. The molecule has 0 aliphatic carbocycles. The minimum atomic E-state index is -3.06. The van der Waals surface area contributed by atoms with Gasteiger partial charge in [-0.15, -0.1) is 0 Å². The maximum absolute atomic E-state index is 14.9. The summed E-state index contributed by atoms with van der Waals surface area (Å²) in [6, 6.07) is 12.2. The van der Waals surface area contributed by atoms with Gasteiger partial charge in [0, 0.05) is 0 Å². The Kier molecular flexibility index (Phi) is 5.89. The van der Waals surface area contributed by atoms with Gasteiger partial charge < -0.3 is 0 Å². The van der Waals surface area contributed by atoms with Gasteiger partial charge in [0.15, 0.2) is 0 Å². The Bertz CT molecular complexity index is 1250. The molecule has 2 saturated heterocycles. The van der Waals surface area contributed by atoms with E-state index >= 15 is 0 Å². The average Bonchev–Trinajstić information content (AvgIpc) is 3.37. The molecule has 3 heterocycles. The Morgan fingerprint density at radius 1 is 1.03 bits per heavy atom. The molecule has 7 nitrogen and oxygen atoms in total. The molecule has 0 saturated carbocycles. The molecule has 2 aliphatic heterocycles. The van der Waals surface area contributed by atoms with E-state index in [2.05, 4.69) is 10.2 Å². The van der Waals surface area contributed by atoms with E-state index in [0.29, 0.717) is 48.2 Å². The summed E-state index contributed by atoms with van der Waals surface area (Å²) in [5.74, 6) is -0.397. The van der Waals surface area contributed by atoms with Crippen molar-refractivity contribution in [3.63, 3.8) is 0 Å². The molecule has 0 spiro atoms. The SMILES string of the molecule is O=C(N1CCCC1)N1CC[PH](O)(c2cc(Cc3n[nH]c(=O)c4ccccc34)ccc2F)CC1. The van der Waals surface area contributed by atoms with E-state index in [1.165, 1.54) is 6.07 Å². The van der Waals surface area contributed by atoms with Crippen molar-refractivity contribution >= 4 is 29.6 Å². The molecular weight excluding hydrogens is 442 g/mol. The number of nitrogens with one attached hydrogen (secondary N) is 1. The third-order valence-corrected chi connectivity index (χ3v) is 10.4. The average molecular weight is 470 g/mol. The molecule has 2 N–H and O–H groups in total. The van der Waals surface area contributed by atoms with Crippen molar-refractivity contribution in [1.82, 2.24) is 20.0 Å². The van der Waals surface area contributed by atoms with Crippen LogP contribution in [0.5, 0.6) is 0 Å². The molecule has 0 unspecified atom stereocenters. The number of aromatic amines is 1. The molecule has 1 aromatic heterocycles. The number of carbonyl (C=O) groups is 1. The van der Waals surface area contributed by atoms with E-state index in [-0.39, 0.29) is 11.6 Å². The Labute approximate surface area is 191 Å². The van der Waals surface area contributed by atoms with E-state index in [0.717, 1.165) is 36.9 Å². The number of likely N-dealkylation sites (tertiary alicyclic amines) is 1. The summed E-state index contributed by atoms with van der Waals surface area (Å²) in [5, 5.41) is 8.47. The van der Waals surface area contributed by atoms with E-state index in [9.17, 15) is 18.9 Å². The van der Waals surface area contributed by atoms with Gasteiger partial charge in [0.1, 0.15) is 0 Å². The van der Waals surface area contributed by atoms with Gasteiger partial charge in [0.25, 0.3) is 0 Å². The van der Waals surface area contributed by atoms with Crippen molar-refractivity contribution in [3.05, 3.63) is 69.9 Å². The molecular formula is C24H28FN4O3P. The fourth-order valence-corrected chi connectivity index (χ4v) is 8.03. The topological polar surface area (TPSA) is 89.5 Å². The maximum atomic E-state index is 14.9. The number of nitrogens with zero attached hydrogens (tertiary/aromatic N) is 3. The van der Waals surface area contributed by atoms with Crippen molar-refractivity contribution in [3.8, 4) is 0 Å². The quantitative estimate of drug-likeness (QED) is 0.576. The van der Waals surface area contributed by atoms with Crippen LogP contribution >= 0.6 is 7.49 Å². The molecule has 5 rings (SSSR count). The molecule has 33 heavy (non-hydrogen) atoms. The normalized spacial score (nSPS) is 19.1. The molecule has 2 aliphatic rings. The number of urea groups is 1. The van der Waals surface area contributed by atoms with Gasteiger partial charge in [0.05, 0.1) is 0 Å². The first-order valence-corrected chi connectivity index (χ1v) is 13.8. The van der Waals surface area contributed by atoms with Gasteiger partial charge in [-0.2, -0.15) is 0 Å². The van der Waals surface area contributed by atoms with Gasteiger partial charge in [-0.1, -0.05) is 0 Å². The number of H-pyrrole nitrogens is 1. The third kappa shape index (κ3) is 4.25. The fraction of sp³-hybridized carbons (Fsp3) is 0.375. The van der Waals surface area contributed by atoms with Crippen LogP contribution in [0.1, 0.15) is 24.1 Å². The van der Waals surface area contributed by atoms with E-state index < -0.39 is 13.3 Å². The van der Waals surface area contributed by atoms with Gasteiger partial charge in [0.2, 0.25) is 0 Å². The Balaban J connectivity index is 1.37. The number of aromatic nitrogens is 2. The number of hydrogen-bond donors (Lipinski definition) is 2. The van der Waals surface area contributed by atoms with Crippen LogP contribution in [0.3, 0.4) is 0 Å². The first-order valence-electron chi connectivity index (χ1n) is 11.5. The van der Waals surface area contributed by atoms with Gasteiger partial charge in [-0.3, -0.25) is 0 Å². The standard InChI is InChI=1S/C24H28FN4O3P/c25-20-8-7-17(15-21-18-5-1-2-6-19(18)23(30)27-26-21)16-22(20)33(32)13-11-29(12-14-33)24(31)28-9-3-4-10-28/h1-2,5-8,16,32-33H,3-4,9-15H2,(H,27,30). The first kappa shape index (κ1) is 22.0. The molecule has 0 atom stereocenters. The Morgan fingerprint density at radius 3 is 2.42 bits per heavy atom. The summed E-state index contributed by atoms with van der Waals surface area (Å²) in [5.41, 5.74) is 1.28. The van der Waals surface area contributed by atoms with E-state index in [1.807, 2.05) is 17.0 Å². The van der Waals surface area contributed by atoms with Crippen molar-refractivity contribution in [2.75, 3.05) is 38.5 Å². The molecule has 2 fully saturated rings. The van der Waals surface area contributed by atoms with Crippen LogP contribution in [0.25, 0.3) is 10.8 Å². The Morgan fingerprint density at radius 2 is 1.70 bits per heavy atom. The van der Waals surface area contributed by atoms with Crippen molar-refractivity contribution in [1.29, 1.82) is 0 Å². The zero-order chi connectivity index (χ0) is 23.0. The molecule has 9 heteroatoms. The molecule has 2 amide bonds. The van der Waals surface area contributed by atoms with Crippen LogP contribution in [-0.2, 0) is 6.42 Å². The second kappa shape index (κ2) is 8.84. The minimum absolute atomic E-state index is 0.0359. The summed E-state index contributed by atoms with van der Waals surface area (Å²) in [4.78, 5) is 39.9. The van der Waals surface area contributed by atoms with Crippen LogP contribution in [0.4, 0.5) is 9.18 Å². The van der Waals surface area contributed by atoms with Crippen LogP contribution in [0.2, 0.25) is 0 Å². The van der Waals surface area contributed by atoms with Crippen molar-refractivity contribution < 1.29 is 14.1 Å². The number of fused-ring (bicyclic) bond motifs is 1. The zero-order valence-corrected chi connectivity index (χ0v) is 19.4. The molecule has 3 aromatic rings. The van der Waals surface area contributed by atoms with Crippen LogP contribution < -0.4 is 10.9 Å². The predicted molar refractivity (Wildman–Crippen MR) is 129 cm³/mol. The third-order valence-electron chi connectivity index (χ3n) is 6.92. The van der Waals surface area contributed by atoms with Gasteiger partial charge in [-0.05, 0) is 0 Å². The summed E-state index contributed by atoms with van der Waals surface area (Å²) in [6.07, 6.45) is 3.33. The summed E-state index contributed by atoms with van der Waals surface area (Å²) >= 11 is 0. The van der Waals surface area contributed by atoms with E-state index in [4.69, 9.17) is 0 Å².